The van der Waals surface area contributed by atoms with Gasteiger partial charge in [-0.1, -0.05) is 30.7 Å². The molecule has 0 bridgehead atoms. The van der Waals surface area contributed by atoms with Crippen molar-refractivity contribution in [1.82, 2.24) is 4.90 Å². The van der Waals surface area contributed by atoms with Gasteiger partial charge in [-0.2, -0.15) is 0 Å². The molecule has 0 amide bonds. The summed E-state index contributed by atoms with van der Waals surface area (Å²) in [5.74, 6) is 0. The van der Waals surface area contributed by atoms with Crippen LogP contribution in [-0.2, 0) is 5.41 Å². The maximum absolute atomic E-state index is 5.95. The molecule has 2 rings (SSSR count). The zero-order valence-electron chi connectivity index (χ0n) is 11.0. The van der Waals surface area contributed by atoms with Crippen LogP contribution in [0.4, 0.5) is 0 Å². The molecule has 1 saturated heterocycles. The molecule has 1 aromatic rings. The van der Waals surface area contributed by atoms with Crippen LogP contribution in [0.2, 0.25) is 5.02 Å². The van der Waals surface area contributed by atoms with E-state index in [0.717, 1.165) is 5.02 Å². The Morgan fingerprint density at radius 2 is 1.65 bits per heavy atom. The molecular formula is C15H22ClN. The third-order valence-electron chi connectivity index (χ3n) is 4.17. The summed E-state index contributed by atoms with van der Waals surface area (Å²) in [4.78, 5) is 2.57. The fraction of sp³-hybridized carbons (Fsp3) is 0.600. The van der Waals surface area contributed by atoms with Crippen LogP contribution < -0.4 is 0 Å². The summed E-state index contributed by atoms with van der Waals surface area (Å²) in [6.07, 6.45) is 2.49. The Morgan fingerprint density at radius 1 is 1.12 bits per heavy atom. The number of benzene rings is 1. The summed E-state index contributed by atoms with van der Waals surface area (Å²) in [7, 11) is 0. The average Bonchev–Trinajstić information content (AvgIpc) is 2.30. The van der Waals surface area contributed by atoms with E-state index in [-0.39, 0.29) is 0 Å². The Bertz CT molecular complexity index is 361. The molecule has 1 fully saturated rings. The van der Waals surface area contributed by atoms with Crippen LogP contribution in [0.15, 0.2) is 24.3 Å². The van der Waals surface area contributed by atoms with E-state index in [2.05, 4.69) is 37.8 Å². The van der Waals surface area contributed by atoms with Crippen LogP contribution in [0.3, 0.4) is 0 Å². The van der Waals surface area contributed by atoms with E-state index in [4.69, 9.17) is 11.6 Å². The van der Waals surface area contributed by atoms with E-state index in [1.807, 2.05) is 12.1 Å². The molecule has 1 nitrogen and oxygen atoms in total. The summed E-state index contributed by atoms with van der Waals surface area (Å²) < 4.78 is 0. The largest absolute Gasteiger partial charge is 0.301 e. The monoisotopic (exact) mass is 251 g/mol. The fourth-order valence-corrected chi connectivity index (χ4v) is 2.80. The number of halogens is 1. The van der Waals surface area contributed by atoms with Crippen LogP contribution in [0, 0.1) is 0 Å². The minimum absolute atomic E-state index is 0.329. The molecule has 94 valence electrons. The fourth-order valence-electron chi connectivity index (χ4n) is 2.67. The number of hydrogen-bond acceptors (Lipinski definition) is 1. The Labute approximate surface area is 110 Å². The van der Waals surface area contributed by atoms with E-state index in [9.17, 15) is 0 Å². The zero-order valence-corrected chi connectivity index (χ0v) is 11.8. The van der Waals surface area contributed by atoms with Gasteiger partial charge in [0.2, 0.25) is 0 Å². The Kier molecular flexibility index (Phi) is 3.79. The van der Waals surface area contributed by atoms with Gasteiger partial charge < -0.3 is 4.90 Å². The van der Waals surface area contributed by atoms with Crippen LogP contribution in [0.25, 0.3) is 0 Å². The Balaban J connectivity index is 2.09. The minimum atomic E-state index is 0.329. The van der Waals surface area contributed by atoms with Gasteiger partial charge in [0.15, 0.2) is 0 Å². The highest BCUT2D eigenvalue weighted by atomic mass is 35.5. The first-order valence-electron chi connectivity index (χ1n) is 6.51. The number of hydrogen-bond donors (Lipinski definition) is 0. The van der Waals surface area contributed by atoms with Gasteiger partial charge in [0.25, 0.3) is 0 Å². The highest BCUT2D eigenvalue weighted by Gasteiger charge is 2.32. The molecule has 0 unspecified atom stereocenters. The molecule has 0 aliphatic carbocycles. The summed E-state index contributed by atoms with van der Waals surface area (Å²) in [5, 5.41) is 0.831. The molecule has 0 N–H and O–H groups in total. The third kappa shape index (κ3) is 2.83. The second-order valence-corrected chi connectivity index (χ2v) is 6.13. The minimum Gasteiger partial charge on any atom is -0.301 e. The molecule has 17 heavy (non-hydrogen) atoms. The van der Waals surface area contributed by atoms with Gasteiger partial charge in [-0.15, -0.1) is 0 Å². The molecule has 1 aliphatic heterocycles. The quantitative estimate of drug-likeness (QED) is 0.765. The highest BCUT2D eigenvalue weighted by Crippen LogP contribution is 2.35. The second kappa shape index (κ2) is 4.99. The van der Waals surface area contributed by atoms with Crippen LogP contribution >= 0.6 is 11.6 Å². The molecular weight excluding hydrogens is 230 g/mol. The van der Waals surface area contributed by atoms with Crippen LogP contribution in [-0.4, -0.2) is 24.0 Å². The van der Waals surface area contributed by atoms with Crippen molar-refractivity contribution in [1.29, 1.82) is 0 Å². The van der Waals surface area contributed by atoms with Gasteiger partial charge in [-0.05, 0) is 62.9 Å². The molecule has 0 saturated carbocycles. The van der Waals surface area contributed by atoms with E-state index in [0.29, 0.717) is 11.5 Å². The normalized spacial score (nSPS) is 20.8. The highest BCUT2D eigenvalue weighted by molar-refractivity contribution is 6.30. The second-order valence-electron chi connectivity index (χ2n) is 5.70. The smallest absolute Gasteiger partial charge is 0.0406 e. The van der Waals surface area contributed by atoms with Crippen molar-refractivity contribution in [2.75, 3.05) is 13.1 Å². The van der Waals surface area contributed by atoms with Crippen molar-refractivity contribution in [3.63, 3.8) is 0 Å². The Morgan fingerprint density at radius 3 is 2.12 bits per heavy atom. The maximum atomic E-state index is 5.95. The third-order valence-corrected chi connectivity index (χ3v) is 4.43. The Hall–Kier alpha value is -0.530. The lowest BCUT2D eigenvalue weighted by molar-refractivity contribution is 0.137. The molecule has 0 aromatic heterocycles. The summed E-state index contributed by atoms with van der Waals surface area (Å²) in [5.41, 5.74) is 1.76. The summed E-state index contributed by atoms with van der Waals surface area (Å²) in [6, 6.07) is 9.07. The topological polar surface area (TPSA) is 3.24 Å². The van der Waals surface area contributed by atoms with Gasteiger partial charge in [0.1, 0.15) is 0 Å². The lowest BCUT2D eigenvalue weighted by atomic mass is 9.74. The molecule has 2 heteroatoms. The maximum Gasteiger partial charge on any atom is 0.0406 e. The molecule has 0 spiro atoms. The van der Waals surface area contributed by atoms with Gasteiger partial charge >= 0.3 is 0 Å². The number of rotatable bonds is 2. The molecule has 1 aromatic carbocycles. The number of likely N-dealkylation sites (tertiary alicyclic amines) is 1. The molecule has 0 atom stereocenters. The van der Waals surface area contributed by atoms with E-state index in [1.54, 1.807) is 0 Å². The predicted octanol–water partition coefficient (Wildman–Crippen LogP) is 4.10. The first kappa shape index (κ1) is 12.9. The SMILES string of the molecule is CC(C)N1CCC(C)(c2ccc(Cl)cc2)CC1. The van der Waals surface area contributed by atoms with Gasteiger partial charge in [-0.25, -0.2) is 0 Å². The van der Waals surface area contributed by atoms with Gasteiger partial charge in [0.05, 0.1) is 0 Å². The molecule has 0 radical (unpaired) electrons. The van der Waals surface area contributed by atoms with Gasteiger partial charge in [0, 0.05) is 11.1 Å². The first-order chi connectivity index (χ1) is 8.01. The predicted molar refractivity (Wildman–Crippen MR) is 74.7 cm³/mol. The van der Waals surface area contributed by atoms with E-state index in [1.165, 1.54) is 31.5 Å². The molecule has 1 heterocycles. The van der Waals surface area contributed by atoms with E-state index >= 15 is 0 Å². The van der Waals surface area contributed by atoms with Crippen molar-refractivity contribution < 1.29 is 0 Å². The summed E-state index contributed by atoms with van der Waals surface area (Å²) >= 11 is 5.95. The van der Waals surface area contributed by atoms with Crippen molar-refractivity contribution >= 4 is 11.6 Å². The van der Waals surface area contributed by atoms with E-state index < -0.39 is 0 Å². The standard InChI is InChI=1S/C15H22ClN/c1-12(2)17-10-8-15(3,9-11-17)13-4-6-14(16)7-5-13/h4-7,12H,8-11H2,1-3H3. The van der Waals surface area contributed by atoms with Crippen molar-refractivity contribution in [3.8, 4) is 0 Å². The van der Waals surface area contributed by atoms with Crippen molar-refractivity contribution in [2.45, 2.75) is 45.1 Å². The van der Waals surface area contributed by atoms with Crippen molar-refractivity contribution in [3.05, 3.63) is 34.9 Å². The number of nitrogens with zero attached hydrogens (tertiary/aromatic N) is 1. The van der Waals surface area contributed by atoms with Crippen LogP contribution in [0.5, 0.6) is 0 Å². The molecule has 1 aliphatic rings. The average molecular weight is 252 g/mol. The van der Waals surface area contributed by atoms with Crippen molar-refractivity contribution in [2.24, 2.45) is 0 Å². The first-order valence-corrected chi connectivity index (χ1v) is 6.89. The number of piperidine rings is 1. The summed E-state index contributed by atoms with van der Waals surface area (Å²) in [6.45, 7) is 9.36. The van der Waals surface area contributed by atoms with Gasteiger partial charge in [-0.3, -0.25) is 0 Å². The van der Waals surface area contributed by atoms with Crippen LogP contribution in [0.1, 0.15) is 39.2 Å². The zero-order chi connectivity index (χ0) is 12.5. The lowest BCUT2D eigenvalue weighted by Crippen LogP contribution is -2.43. The lowest BCUT2D eigenvalue weighted by Gasteiger charge is -2.41.